The van der Waals surface area contributed by atoms with Gasteiger partial charge in [0.15, 0.2) is 5.82 Å². The molecule has 0 saturated carbocycles. The zero-order chi connectivity index (χ0) is 31.8. The van der Waals surface area contributed by atoms with E-state index >= 15 is 4.39 Å². The largest absolute Gasteiger partial charge is 0.435 e. The number of amides is 2. The normalized spacial score (nSPS) is 16.2. The molecule has 1 atom stereocenters. The van der Waals surface area contributed by atoms with Crippen molar-refractivity contribution in [3.63, 3.8) is 0 Å². The molecule has 1 heterocycles. The van der Waals surface area contributed by atoms with E-state index in [1.807, 2.05) is 0 Å². The highest BCUT2D eigenvalue weighted by Crippen LogP contribution is 2.49. The van der Waals surface area contributed by atoms with Crippen LogP contribution in [0.5, 0.6) is 0 Å². The number of carbonyl (C=O) groups excluding carboxylic acids is 2. The number of hydrogen-bond donors (Lipinski definition) is 2. The Hall–Kier alpha value is -4.03. The van der Waals surface area contributed by atoms with Crippen LogP contribution in [-0.2, 0) is 10.4 Å². The van der Waals surface area contributed by atoms with Gasteiger partial charge in [-0.25, -0.2) is 4.39 Å². The van der Waals surface area contributed by atoms with Crippen molar-refractivity contribution < 1.29 is 32.0 Å². The summed E-state index contributed by atoms with van der Waals surface area (Å²) in [6.45, 7) is 3.07. The van der Waals surface area contributed by atoms with Crippen molar-refractivity contribution in [2.75, 3.05) is 10.6 Å². The van der Waals surface area contributed by atoms with Crippen molar-refractivity contribution in [3.05, 3.63) is 127 Å². The van der Waals surface area contributed by atoms with Crippen LogP contribution in [0.25, 0.3) is 0 Å². The van der Waals surface area contributed by atoms with Crippen LogP contribution in [0.1, 0.15) is 49.4 Å². The average molecular weight is 733 g/mol. The first-order valence-electron chi connectivity index (χ1n) is 13.2. The number of nitrogens with zero attached hydrogens (tertiary/aromatic N) is 1. The van der Waals surface area contributed by atoms with Gasteiger partial charge in [-0.1, -0.05) is 51.4 Å². The lowest BCUT2D eigenvalue weighted by Crippen LogP contribution is -2.42. The van der Waals surface area contributed by atoms with Crippen LogP contribution < -0.4 is 10.6 Å². The van der Waals surface area contributed by atoms with Crippen molar-refractivity contribution >= 4 is 60.8 Å². The lowest BCUT2D eigenvalue weighted by molar-refractivity contribution is -0.275. The van der Waals surface area contributed by atoms with Crippen molar-refractivity contribution in [1.29, 1.82) is 0 Å². The van der Waals surface area contributed by atoms with E-state index in [1.165, 1.54) is 44.2 Å². The minimum Gasteiger partial charge on any atom is -0.374 e. The Kier molecular flexibility index (Phi) is 8.68. The molecule has 0 spiro atoms. The SMILES string of the molecule is Cc1cc(C2(C(F)(F)F)CC(c3ccc(Br)cc3)=NO2)cc(C)c1NC(=O)c1cccc(NC(=O)c2ccccc2Br)c1F. The molecule has 0 fully saturated rings. The van der Waals surface area contributed by atoms with Crippen LogP contribution >= 0.6 is 31.9 Å². The summed E-state index contributed by atoms with van der Waals surface area (Å²) in [6, 6.07) is 19.8. The Morgan fingerprint density at radius 2 is 1.48 bits per heavy atom. The lowest BCUT2D eigenvalue weighted by atomic mass is 9.84. The minimum absolute atomic E-state index is 0.143. The fraction of sp³-hybridized carbons (Fsp3) is 0.156. The highest BCUT2D eigenvalue weighted by atomic mass is 79.9. The third-order valence-corrected chi connectivity index (χ3v) is 8.43. The number of alkyl halides is 3. The maximum Gasteiger partial charge on any atom is 0.435 e. The number of hydrogen-bond acceptors (Lipinski definition) is 4. The van der Waals surface area contributed by atoms with Gasteiger partial charge in [-0.15, -0.1) is 0 Å². The predicted octanol–water partition coefficient (Wildman–Crippen LogP) is 9.05. The highest BCUT2D eigenvalue weighted by molar-refractivity contribution is 9.10. The van der Waals surface area contributed by atoms with Gasteiger partial charge >= 0.3 is 6.18 Å². The number of nitrogens with one attached hydrogen (secondary N) is 2. The zero-order valence-corrected chi connectivity index (χ0v) is 26.3. The van der Waals surface area contributed by atoms with E-state index in [4.69, 9.17) is 4.84 Å². The fourth-order valence-corrected chi connectivity index (χ4v) is 5.64. The van der Waals surface area contributed by atoms with Gasteiger partial charge in [-0.3, -0.25) is 9.59 Å². The van der Waals surface area contributed by atoms with E-state index in [9.17, 15) is 22.8 Å². The molecule has 0 aromatic heterocycles. The first-order chi connectivity index (χ1) is 20.8. The molecule has 1 aliphatic heterocycles. The summed E-state index contributed by atoms with van der Waals surface area (Å²) >= 11 is 6.58. The monoisotopic (exact) mass is 731 g/mol. The number of anilines is 2. The molecule has 2 N–H and O–H groups in total. The zero-order valence-electron chi connectivity index (χ0n) is 23.2. The molecule has 12 heteroatoms. The van der Waals surface area contributed by atoms with Crippen LogP contribution in [0.4, 0.5) is 28.9 Å². The molecule has 4 aromatic rings. The summed E-state index contributed by atoms with van der Waals surface area (Å²) in [7, 11) is 0. The third-order valence-electron chi connectivity index (χ3n) is 7.21. The molecular weight excluding hydrogens is 710 g/mol. The number of halogens is 6. The van der Waals surface area contributed by atoms with Crippen molar-refractivity contribution in [3.8, 4) is 0 Å². The average Bonchev–Trinajstić information content (AvgIpc) is 3.44. The van der Waals surface area contributed by atoms with Crippen molar-refractivity contribution in [2.24, 2.45) is 5.16 Å². The summed E-state index contributed by atoms with van der Waals surface area (Å²) in [5.74, 6) is -2.40. The van der Waals surface area contributed by atoms with Crippen LogP contribution in [0.3, 0.4) is 0 Å². The smallest absolute Gasteiger partial charge is 0.374 e. The maximum absolute atomic E-state index is 15.4. The van der Waals surface area contributed by atoms with E-state index in [2.05, 4.69) is 47.6 Å². The van der Waals surface area contributed by atoms with Crippen LogP contribution in [0.15, 0.2) is 93.0 Å². The van der Waals surface area contributed by atoms with E-state index < -0.39 is 35.8 Å². The number of benzene rings is 4. The third kappa shape index (κ3) is 6.00. The number of carbonyl (C=O) groups is 2. The molecule has 1 unspecified atom stereocenters. The Morgan fingerprint density at radius 3 is 2.11 bits per heavy atom. The summed E-state index contributed by atoms with van der Waals surface area (Å²) in [6.07, 6.45) is -5.37. The second-order valence-corrected chi connectivity index (χ2v) is 11.9. The summed E-state index contributed by atoms with van der Waals surface area (Å²) in [5, 5.41) is 8.88. The maximum atomic E-state index is 15.4. The Balaban J connectivity index is 1.40. The predicted molar refractivity (Wildman–Crippen MR) is 166 cm³/mol. The van der Waals surface area contributed by atoms with Gasteiger partial charge in [-0.05, 0) is 95.0 Å². The van der Waals surface area contributed by atoms with Crippen LogP contribution in [0.2, 0.25) is 0 Å². The van der Waals surface area contributed by atoms with Crippen molar-refractivity contribution in [1.82, 2.24) is 0 Å². The first kappa shape index (κ1) is 31.4. The number of aryl methyl sites for hydroxylation is 2. The second kappa shape index (κ2) is 12.2. The molecule has 44 heavy (non-hydrogen) atoms. The topological polar surface area (TPSA) is 79.8 Å². The molecule has 6 nitrogen and oxygen atoms in total. The van der Waals surface area contributed by atoms with Crippen molar-refractivity contribution in [2.45, 2.75) is 32.0 Å². The van der Waals surface area contributed by atoms with Crippen LogP contribution in [0, 0.1) is 19.7 Å². The molecule has 226 valence electrons. The number of oxime groups is 1. The first-order valence-corrected chi connectivity index (χ1v) is 14.7. The molecular formula is C32H23Br2F4N3O3. The molecule has 5 rings (SSSR count). The van der Waals surface area contributed by atoms with Gasteiger partial charge < -0.3 is 15.5 Å². The van der Waals surface area contributed by atoms with Gasteiger partial charge in [0.05, 0.1) is 22.5 Å². The molecule has 1 aliphatic rings. The minimum atomic E-state index is -4.82. The molecule has 2 amide bonds. The highest BCUT2D eigenvalue weighted by Gasteiger charge is 2.62. The Bertz CT molecular complexity index is 1790. The van der Waals surface area contributed by atoms with E-state index in [0.29, 0.717) is 21.2 Å². The van der Waals surface area contributed by atoms with Gasteiger partial charge in [-0.2, -0.15) is 13.2 Å². The second-order valence-electron chi connectivity index (χ2n) is 10.2. The van der Waals surface area contributed by atoms with Gasteiger partial charge in [0, 0.05) is 26.6 Å². The molecule has 0 radical (unpaired) electrons. The van der Waals surface area contributed by atoms with E-state index in [-0.39, 0.29) is 33.8 Å². The summed E-state index contributed by atoms with van der Waals surface area (Å²) in [5.41, 5.74) is -1.77. The van der Waals surface area contributed by atoms with Gasteiger partial charge in [0.1, 0.15) is 0 Å². The fourth-order valence-electron chi connectivity index (χ4n) is 4.91. The van der Waals surface area contributed by atoms with Gasteiger partial charge in [0.2, 0.25) is 0 Å². The van der Waals surface area contributed by atoms with E-state index in [1.54, 1.807) is 48.5 Å². The van der Waals surface area contributed by atoms with Gasteiger partial charge in [0.25, 0.3) is 17.4 Å². The number of rotatable bonds is 6. The standard InChI is InChI=1S/C32H23Br2F4N3O3/c1-17-14-20(31(32(36,37)38)16-26(41-44-31)19-10-12-21(33)13-11-19)15-18(2)28(17)40-30(43)23-7-5-9-25(27(23)35)39-29(42)22-6-3-4-8-24(22)34/h3-15H,16H2,1-2H3,(H,39,42)(H,40,43). The molecule has 4 aromatic carbocycles. The molecule has 0 aliphatic carbocycles. The molecule has 0 bridgehead atoms. The molecule has 0 saturated heterocycles. The summed E-state index contributed by atoms with van der Waals surface area (Å²) in [4.78, 5) is 31.0. The Morgan fingerprint density at radius 1 is 0.864 bits per heavy atom. The quantitative estimate of drug-likeness (QED) is 0.194. The van der Waals surface area contributed by atoms with Crippen LogP contribution in [-0.4, -0.2) is 23.7 Å². The Labute approximate surface area is 266 Å². The summed E-state index contributed by atoms with van der Waals surface area (Å²) < 4.78 is 60.5. The van der Waals surface area contributed by atoms with E-state index in [0.717, 1.165) is 4.47 Å². The lowest BCUT2D eigenvalue weighted by Gasteiger charge is -2.30.